The monoisotopic (exact) mass is 268 g/mol. The summed E-state index contributed by atoms with van der Waals surface area (Å²) in [4.78, 5) is 12.4. The van der Waals surface area contributed by atoms with Crippen LogP contribution in [0.15, 0.2) is 40.0 Å². The molecule has 4 nitrogen and oxygen atoms in total. The van der Waals surface area contributed by atoms with Gasteiger partial charge in [0.25, 0.3) is 0 Å². The van der Waals surface area contributed by atoms with Crippen molar-refractivity contribution in [3.8, 4) is 0 Å². The van der Waals surface area contributed by atoms with E-state index in [0.29, 0.717) is 10.0 Å². The van der Waals surface area contributed by atoms with Gasteiger partial charge in [-0.2, -0.15) is 5.10 Å². The number of hydrogen-bond donors (Lipinski definition) is 1. The van der Waals surface area contributed by atoms with E-state index in [9.17, 15) is 4.79 Å². The lowest BCUT2D eigenvalue weighted by Crippen LogP contribution is -2.18. The molecule has 17 heavy (non-hydrogen) atoms. The molecule has 0 aromatic carbocycles. The highest BCUT2D eigenvalue weighted by atomic mass is 35.5. The molecule has 0 aliphatic heterocycles. The molecule has 0 atom stereocenters. The third-order valence-electron chi connectivity index (χ3n) is 2.00. The Bertz CT molecular complexity index is 546. The number of furan rings is 1. The van der Waals surface area contributed by atoms with Gasteiger partial charge in [0, 0.05) is 0 Å². The summed E-state index contributed by atoms with van der Waals surface area (Å²) in [6, 6.07) is 6.85. The summed E-state index contributed by atoms with van der Waals surface area (Å²) in [6.45, 7) is 1.80. The summed E-state index contributed by atoms with van der Waals surface area (Å²) < 4.78 is 5.62. The number of rotatable bonds is 3. The average Bonchev–Trinajstić information content (AvgIpc) is 2.95. The van der Waals surface area contributed by atoms with Crippen LogP contribution in [-0.2, 0) is 0 Å². The predicted octanol–water partition coefficient (Wildman–Crippen LogP) is 3.15. The van der Waals surface area contributed by atoms with E-state index in [0.717, 1.165) is 4.88 Å². The van der Waals surface area contributed by atoms with Gasteiger partial charge >= 0.3 is 5.91 Å². The van der Waals surface area contributed by atoms with Crippen molar-refractivity contribution in [2.24, 2.45) is 5.10 Å². The van der Waals surface area contributed by atoms with E-state index in [1.165, 1.54) is 17.6 Å². The zero-order chi connectivity index (χ0) is 12.3. The van der Waals surface area contributed by atoms with Crippen molar-refractivity contribution >= 4 is 34.6 Å². The van der Waals surface area contributed by atoms with Crippen LogP contribution < -0.4 is 5.43 Å². The van der Waals surface area contributed by atoms with Crippen molar-refractivity contribution in [3.63, 3.8) is 0 Å². The van der Waals surface area contributed by atoms with E-state index in [-0.39, 0.29) is 11.7 Å². The first-order chi connectivity index (χ1) is 8.16. The first kappa shape index (κ1) is 11.9. The van der Waals surface area contributed by atoms with Crippen LogP contribution in [0.25, 0.3) is 0 Å². The van der Waals surface area contributed by atoms with Crippen molar-refractivity contribution in [3.05, 3.63) is 45.5 Å². The maximum absolute atomic E-state index is 11.5. The minimum absolute atomic E-state index is 0.228. The number of carbonyl (C=O) groups is 1. The summed E-state index contributed by atoms with van der Waals surface area (Å²) in [5.74, 6) is -0.150. The maximum Gasteiger partial charge on any atom is 0.307 e. The van der Waals surface area contributed by atoms with Gasteiger partial charge in [0.1, 0.15) is 0 Å². The number of halogens is 1. The Hall–Kier alpha value is -1.59. The third kappa shape index (κ3) is 2.95. The lowest BCUT2D eigenvalue weighted by atomic mass is 10.3. The van der Waals surface area contributed by atoms with Crippen molar-refractivity contribution in [2.75, 3.05) is 0 Å². The molecule has 88 valence electrons. The van der Waals surface area contributed by atoms with Gasteiger partial charge in [-0.3, -0.25) is 4.79 Å². The Morgan fingerprint density at radius 3 is 2.88 bits per heavy atom. The topological polar surface area (TPSA) is 54.6 Å². The van der Waals surface area contributed by atoms with E-state index >= 15 is 0 Å². The molecule has 0 aliphatic carbocycles. The molecule has 0 fully saturated rings. The standard InChI is InChI=1S/C11H9ClN2O2S/c1-7(9-4-5-10(12)17-9)13-14-11(15)8-3-2-6-16-8/h2-6H,1H3,(H,14,15)/b13-7-. The van der Waals surface area contributed by atoms with Crippen LogP contribution in [0.3, 0.4) is 0 Å². The lowest BCUT2D eigenvalue weighted by molar-refractivity contribution is 0.0927. The quantitative estimate of drug-likeness (QED) is 0.687. The molecule has 6 heteroatoms. The summed E-state index contributed by atoms with van der Waals surface area (Å²) in [7, 11) is 0. The van der Waals surface area contributed by atoms with Crippen LogP contribution in [0.2, 0.25) is 4.34 Å². The number of hydrazone groups is 1. The molecule has 2 heterocycles. The minimum Gasteiger partial charge on any atom is -0.459 e. The maximum atomic E-state index is 11.5. The normalized spacial score (nSPS) is 11.5. The van der Waals surface area contributed by atoms with Gasteiger partial charge in [-0.05, 0) is 31.2 Å². The molecule has 0 aliphatic rings. The highest BCUT2D eigenvalue weighted by Gasteiger charge is 2.07. The number of carbonyl (C=O) groups excluding carboxylic acids is 1. The van der Waals surface area contributed by atoms with Gasteiger partial charge in [-0.1, -0.05) is 11.6 Å². The van der Waals surface area contributed by atoms with E-state index in [2.05, 4.69) is 10.5 Å². The fourth-order valence-corrected chi connectivity index (χ4v) is 2.15. The van der Waals surface area contributed by atoms with Crippen LogP contribution in [0.4, 0.5) is 0 Å². The zero-order valence-electron chi connectivity index (χ0n) is 8.94. The summed E-state index contributed by atoms with van der Waals surface area (Å²) in [6.07, 6.45) is 1.44. The molecule has 0 spiro atoms. The Balaban J connectivity index is 2.04. The van der Waals surface area contributed by atoms with Crippen molar-refractivity contribution < 1.29 is 9.21 Å². The van der Waals surface area contributed by atoms with E-state index in [1.807, 2.05) is 6.07 Å². The van der Waals surface area contributed by atoms with Crippen LogP contribution in [-0.4, -0.2) is 11.6 Å². The molecule has 0 radical (unpaired) electrons. The zero-order valence-corrected chi connectivity index (χ0v) is 10.5. The van der Waals surface area contributed by atoms with Gasteiger partial charge in [0.05, 0.1) is 21.2 Å². The first-order valence-electron chi connectivity index (χ1n) is 4.80. The fraction of sp³-hybridized carbons (Fsp3) is 0.0909. The molecule has 0 bridgehead atoms. The van der Waals surface area contributed by atoms with Crippen LogP contribution >= 0.6 is 22.9 Å². The smallest absolute Gasteiger partial charge is 0.307 e. The molecule has 2 aromatic rings. The lowest BCUT2D eigenvalue weighted by Gasteiger charge is -1.98. The number of nitrogens with one attached hydrogen (secondary N) is 1. The number of hydrogen-bond acceptors (Lipinski definition) is 4. The fourth-order valence-electron chi connectivity index (χ4n) is 1.16. The third-order valence-corrected chi connectivity index (χ3v) is 3.34. The Morgan fingerprint density at radius 1 is 1.47 bits per heavy atom. The second-order valence-electron chi connectivity index (χ2n) is 3.22. The van der Waals surface area contributed by atoms with Crippen molar-refractivity contribution in [1.82, 2.24) is 5.43 Å². The van der Waals surface area contributed by atoms with Crippen LogP contribution in [0.5, 0.6) is 0 Å². The van der Waals surface area contributed by atoms with Crippen LogP contribution in [0, 0.1) is 0 Å². The van der Waals surface area contributed by atoms with E-state index in [1.54, 1.807) is 25.1 Å². The first-order valence-corrected chi connectivity index (χ1v) is 6.00. The Kier molecular flexibility index (Phi) is 3.61. The highest BCUT2D eigenvalue weighted by Crippen LogP contribution is 2.21. The largest absolute Gasteiger partial charge is 0.459 e. The van der Waals surface area contributed by atoms with Gasteiger partial charge in [0.15, 0.2) is 5.76 Å². The van der Waals surface area contributed by atoms with Gasteiger partial charge in [0.2, 0.25) is 0 Å². The molecule has 0 saturated heterocycles. The van der Waals surface area contributed by atoms with Gasteiger partial charge in [-0.25, -0.2) is 5.43 Å². The predicted molar refractivity (Wildman–Crippen MR) is 67.7 cm³/mol. The van der Waals surface area contributed by atoms with Gasteiger partial charge < -0.3 is 4.42 Å². The molecule has 2 rings (SSSR count). The number of nitrogens with zero attached hydrogens (tertiary/aromatic N) is 1. The Morgan fingerprint density at radius 2 is 2.29 bits per heavy atom. The molecular formula is C11H9ClN2O2S. The summed E-state index contributed by atoms with van der Waals surface area (Å²) >= 11 is 7.21. The summed E-state index contributed by atoms with van der Waals surface area (Å²) in [5, 5.41) is 3.97. The highest BCUT2D eigenvalue weighted by molar-refractivity contribution is 7.18. The number of thiophene rings is 1. The second-order valence-corrected chi connectivity index (χ2v) is 4.93. The van der Waals surface area contributed by atoms with Crippen molar-refractivity contribution in [1.29, 1.82) is 0 Å². The van der Waals surface area contributed by atoms with E-state index < -0.39 is 0 Å². The minimum atomic E-state index is -0.378. The number of amides is 1. The van der Waals surface area contributed by atoms with Crippen molar-refractivity contribution in [2.45, 2.75) is 6.92 Å². The SMILES string of the molecule is C/C(=N/NC(=O)c1ccco1)c1ccc(Cl)s1. The van der Waals surface area contributed by atoms with Gasteiger partial charge in [-0.15, -0.1) is 11.3 Å². The van der Waals surface area contributed by atoms with E-state index in [4.69, 9.17) is 16.0 Å². The molecule has 2 aromatic heterocycles. The molecular weight excluding hydrogens is 260 g/mol. The molecule has 1 N–H and O–H groups in total. The molecule has 0 unspecified atom stereocenters. The molecule has 1 amide bonds. The Labute approximate surface area is 107 Å². The second kappa shape index (κ2) is 5.16. The molecule has 0 saturated carbocycles. The van der Waals surface area contributed by atoms with Crippen LogP contribution in [0.1, 0.15) is 22.4 Å². The average molecular weight is 269 g/mol. The summed E-state index contributed by atoms with van der Waals surface area (Å²) in [5.41, 5.74) is 3.11.